The summed E-state index contributed by atoms with van der Waals surface area (Å²) in [5.41, 5.74) is 2.98. The number of ether oxygens (including phenoxy) is 1. The SMILES string of the molecule is O=C(Cc1nccs1)c1ccc2nnc(-c3cccc(N4CCOCC4)c3)n2n1. The lowest BCUT2D eigenvalue weighted by Crippen LogP contribution is -2.36. The molecule has 1 aliphatic heterocycles. The van der Waals surface area contributed by atoms with Gasteiger partial charge >= 0.3 is 0 Å². The Bertz CT molecular complexity index is 1150. The van der Waals surface area contributed by atoms with Gasteiger partial charge in [0.1, 0.15) is 10.7 Å². The molecule has 0 radical (unpaired) electrons. The number of nitrogens with zero attached hydrogens (tertiary/aromatic N) is 6. The minimum Gasteiger partial charge on any atom is -0.378 e. The first-order chi connectivity index (χ1) is 14.3. The van der Waals surface area contributed by atoms with Gasteiger partial charge in [0.15, 0.2) is 17.3 Å². The number of hydrogen-bond donors (Lipinski definition) is 0. The fourth-order valence-electron chi connectivity index (χ4n) is 3.35. The van der Waals surface area contributed by atoms with Gasteiger partial charge in [0, 0.05) is 35.9 Å². The van der Waals surface area contributed by atoms with Crippen molar-refractivity contribution in [3.05, 3.63) is 58.7 Å². The van der Waals surface area contributed by atoms with Crippen molar-refractivity contribution < 1.29 is 9.53 Å². The standard InChI is InChI=1S/C20H18N6O2S/c27-17(13-19-21-6-11-29-19)16-4-5-18-22-23-20(26(18)24-16)14-2-1-3-15(12-14)25-7-9-28-10-8-25/h1-6,11-12H,7-10,13H2. The number of aromatic nitrogens is 5. The second-order valence-corrected chi connectivity index (χ2v) is 7.67. The molecule has 0 amide bonds. The molecule has 0 bridgehead atoms. The number of thiazole rings is 1. The van der Waals surface area contributed by atoms with E-state index in [1.54, 1.807) is 22.8 Å². The molecule has 0 N–H and O–H groups in total. The maximum absolute atomic E-state index is 12.6. The third-order valence-electron chi connectivity index (χ3n) is 4.82. The molecule has 146 valence electrons. The Hall–Kier alpha value is -3.17. The second kappa shape index (κ2) is 7.69. The van der Waals surface area contributed by atoms with Gasteiger partial charge in [-0.15, -0.1) is 21.5 Å². The van der Waals surface area contributed by atoms with E-state index in [1.165, 1.54) is 11.3 Å². The normalized spacial score (nSPS) is 14.4. The lowest BCUT2D eigenvalue weighted by Gasteiger charge is -2.29. The highest BCUT2D eigenvalue weighted by molar-refractivity contribution is 7.09. The summed E-state index contributed by atoms with van der Waals surface area (Å²) in [5.74, 6) is 0.530. The quantitative estimate of drug-likeness (QED) is 0.471. The van der Waals surface area contributed by atoms with Crippen LogP contribution in [0, 0.1) is 0 Å². The molecular formula is C20H18N6O2S. The first-order valence-corrected chi connectivity index (χ1v) is 10.2. The second-order valence-electron chi connectivity index (χ2n) is 6.69. The zero-order valence-electron chi connectivity index (χ0n) is 15.6. The molecule has 0 spiro atoms. The number of morpholine rings is 1. The average molecular weight is 406 g/mol. The fraction of sp³-hybridized carbons (Fsp3) is 0.250. The highest BCUT2D eigenvalue weighted by atomic mass is 32.1. The molecule has 1 saturated heterocycles. The molecule has 9 heteroatoms. The van der Waals surface area contributed by atoms with E-state index in [0.717, 1.165) is 42.6 Å². The van der Waals surface area contributed by atoms with E-state index >= 15 is 0 Å². The molecule has 0 aliphatic carbocycles. The molecule has 1 aromatic carbocycles. The van der Waals surface area contributed by atoms with Crippen molar-refractivity contribution in [2.75, 3.05) is 31.2 Å². The molecule has 3 aromatic heterocycles. The van der Waals surface area contributed by atoms with E-state index in [4.69, 9.17) is 4.74 Å². The Labute approximate surface area is 170 Å². The fourth-order valence-corrected chi connectivity index (χ4v) is 3.96. The topological polar surface area (TPSA) is 85.5 Å². The van der Waals surface area contributed by atoms with Crippen molar-refractivity contribution in [3.8, 4) is 11.4 Å². The van der Waals surface area contributed by atoms with E-state index in [-0.39, 0.29) is 12.2 Å². The zero-order chi connectivity index (χ0) is 19.6. The Kier molecular flexibility index (Phi) is 4.74. The van der Waals surface area contributed by atoms with E-state index in [9.17, 15) is 4.79 Å². The van der Waals surface area contributed by atoms with Crippen LogP contribution in [0.5, 0.6) is 0 Å². The Morgan fingerprint density at radius 1 is 1.14 bits per heavy atom. The van der Waals surface area contributed by atoms with Crippen LogP contribution in [0.15, 0.2) is 48.0 Å². The van der Waals surface area contributed by atoms with Gasteiger partial charge in [-0.2, -0.15) is 9.61 Å². The summed E-state index contributed by atoms with van der Waals surface area (Å²) in [5, 5.41) is 15.7. The summed E-state index contributed by atoms with van der Waals surface area (Å²) in [6.07, 6.45) is 1.93. The molecule has 5 rings (SSSR count). The highest BCUT2D eigenvalue weighted by Gasteiger charge is 2.17. The van der Waals surface area contributed by atoms with E-state index in [2.05, 4.69) is 37.3 Å². The summed E-state index contributed by atoms with van der Waals surface area (Å²) < 4.78 is 7.07. The number of carbonyl (C=O) groups is 1. The Morgan fingerprint density at radius 2 is 2.03 bits per heavy atom. The summed E-state index contributed by atoms with van der Waals surface area (Å²) in [4.78, 5) is 19.1. The van der Waals surface area contributed by atoms with Crippen LogP contribution in [0.3, 0.4) is 0 Å². The van der Waals surface area contributed by atoms with Crippen LogP contribution in [0.25, 0.3) is 17.0 Å². The van der Waals surface area contributed by atoms with E-state index < -0.39 is 0 Å². The smallest absolute Gasteiger partial charge is 0.189 e. The molecule has 0 saturated carbocycles. The maximum Gasteiger partial charge on any atom is 0.189 e. The number of ketones is 1. The van der Waals surface area contributed by atoms with Crippen LogP contribution >= 0.6 is 11.3 Å². The van der Waals surface area contributed by atoms with Gasteiger partial charge in [-0.1, -0.05) is 12.1 Å². The summed E-state index contributed by atoms with van der Waals surface area (Å²) in [7, 11) is 0. The average Bonchev–Trinajstić information content (AvgIpc) is 3.43. The number of benzene rings is 1. The summed E-state index contributed by atoms with van der Waals surface area (Å²) >= 11 is 1.46. The number of carbonyl (C=O) groups excluding carboxylic acids is 1. The predicted octanol–water partition coefficient (Wildman–Crippen LogP) is 2.51. The van der Waals surface area contributed by atoms with Crippen molar-refractivity contribution in [1.82, 2.24) is 24.8 Å². The van der Waals surface area contributed by atoms with Crippen LogP contribution in [-0.2, 0) is 11.2 Å². The minimum absolute atomic E-state index is 0.0800. The Balaban J connectivity index is 1.48. The summed E-state index contributed by atoms with van der Waals surface area (Å²) in [6.45, 7) is 3.17. The molecule has 1 aliphatic rings. The molecule has 4 heterocycles. The Morgan fingerprint density at radius 3 is 2.86 bits per heavy atom. The first-order valence-electron chi connectivity index (χ1n) is 9.35. The van der Waals surface area contributed by atoms with Crippen molar-refractivity contribution in [3.63, 3.8) is 0 Å². The van der Waals surface area contributed by atoms with E-state index in [0.29, 0.717) is 17.2 Å². The monoisotopic (exact) mass is 406 g/mol. The van der Waals surface area contributed by atoms with Crippen LogP contribution in [0.4, 0.5) is 5.69 Å². The molecular weight excluding hydrogens is 388 g/mol. The van der Waals surface area contributed by atoms with Gasteiger partial charge in [0.25, 0.3) is 0 Å². The van der Waals surface area contributed by atoms with Gasteiger partial charge in [0.2, 0.25) is 0 Å². The zero-order valence-corrected chi connectivity index (χ0v) is 16.4. The molecule has 4 aromatic rings. The minimum atomic E-state index is -0.0800. The van der Waals surface area contributed by atoms with Crippen LogP contribution in [-0.4, -0.2) is 56.9 Å². The van der Waals surface area contributed by atoms with Crippen molar-refractivity contribution in [1.29, 1.82) is 0 Å². The first kappa shape index (κ1) is 17.9. The predicted molar refractivity (Wildman–Crippen MR) is 109 cm³/mol. The highest BCUT2D eigenvalue weighted by Crippen LogP contribution is 2.24. The maximum atomic E-state index is 12.6. The number of anilines is 1. The molecule has 29 heavy (non-hydrogen) atoms. The van der Waals surface area contributed by atoms with Gasteiger partial charge in [-0.25, -0.2) is 4.98 Å². The van der Waals surface area contributed by atoms with Gasteiger partial charge < -0.3 is 9.64 Å². The third-order valence-corrected chi connectivity index (χ3v) is 5.60. The lowest BCUT2D eigenvalue weighted by atomic mass is 10.1. The van der Waals surface area contributed by atoms with Crippen LogP contribution in [0.2, 0.25) is 0 Å². The molecule has 0 atom stereocenters. The van der Waals surface area contributed by atoms with Crippen molar-refractivity contribution in [2.24, 2.45) is 0 Å². The number of fused-ring (bicyclic) bond motifs is 1. The number of rotatable bonds is 5. The largest absolute Gasteiger partial charge is 0.378 e. The lowest BCUT2D eigenvalue weighted by molar-refractivity contribution is 0.0987. The van der Waals surface area contributed by atoms with Crippen LogP contribution < -0.4 is 4.90 Å². The third kappa shape index (κ3) is 3.62. The van der Waals surface area contributed by atoms with Gasteiger partial charge in [-0.3, -0.25) is 4.79 Å². The molecule has 1 fully saturated rings. The van der Waals surface area contributed by atoms with Crippen molar-refractivity contribution in [2.45, 2.75) is 6.42 Å². The number of Topliss-reactive ketones (excluding diaryl/α,β-unsaturated/α-hetero) is 1. The molecule has 0 unspecified atom stereocenters. The number of hydrogen-bond acceptors (Lipinski definition) is 8. The summed E-state index contributed by atoms with van der Waals surface area (Å²) in [6, 6.07) is 11.6. The van der Waals surface area contributed by atoms with E-state index in [1.807, 2.05) is 17.5 Å². The van der Waals surface area contributed by atoms with Crippen molar-refractivity contribution >= 4 is 28.5 Å². The van der Waals surface area contributed by atoms with Gasteiger partial charge in [0.05, 0.1) is 19.6 Å². The van der Waals surface area contributed by atoms with Crippen LogP contribution in [0.1, 0.15) is 15.5 Å². The van der Waals surface area contributed by atoms with Gasteiger partial charge in [-0.05, 0) is 24.3 Å². The molecule has 8 nitrogen and oxygen atoms in total.